The van der Waals surface area contributed by atoms with Gasteiger partial charge in [0.1, 0.15) is 0 Å². The molecule has 1 aromatic heterocycles. The summed E-state index contributed by atoms with van der Waals surface area (Å²) in [6.07, 6.45) is 10.6. The number of fused-ring (bicyclic) bond motifs is 2. The summed E-state index contributed by atoms with van der Waals surface area (Å²) >= 11 is 0. The van der Waals surface area contributed by atoms with Gasteiger partial charge in [-0.1, -0.05) is 13.3 Å². The topological polar surface area (TPSA) is 17.0 Å². The zero-order chi connectivity index (χ0) is 12.5. The lowest BCUT2D eigenvalue weighted by Crippen LogP contribution is -2.18. The molecule has 2 fully saturated rings. The molecule has 0 spiro atoms. The molecule has 2 aliphatic rings. The summed E-state index contributed by atoms with van der Waals surface area (Å²) in [5.74, 6) is 3.06. The van der Waals surface area contributed by atoms with Gasteiger partial charge in [-0.05, 0) is 62.1 Å². The minimum atomic E-state index is 0.483. The zero-order valence-corrected chi connectivity index (χ0v) is 11.7. The summed E-state index contributed by atoms with van der Waals surface area (Å²) in [6.45, 7) is 6.71. The van der Waals surface area contributed by atoms with E-state index in [1.165, 1.54) is 37.8 Å². The van der Waals surface area contributed by atoms with E-state index in [0.717, 1.165) is 24.3 Å². The fourth-order valence-corrected chi connectivity index (χ4v) is 4.12. The molecule has 1 aromatic rings. The third kappa shape index (κ3) is 2.35. The number of nitrogens with one attached hydrogen (secondary N) is 1. The van der Waals surface area contributed by atoms with Gasteiger partial charge in [-0.3, -0.25) is 0 Å². The maximum atomic E-state index is 3.48. The minimum absolute atomic E-state index is 0.483. The molecule has 3 rings (SSSR count). The van der Waals surface area contributed by atoms with Crippen molar-refractivity contribution in [3.63, 3.8) is 0 Å². The highest BCUT2D eigenvalue weighted by molar-refractivity contribution is 5.14. The largest absolute Gasteiger partial charge is 0.354 e. The van der Waals surface area contributed by atoms with Gasteiger partial charge in [0.2, 0.25) is 0 Å². The Morgan fingerprint density at radius 1 is 1.39 bits per heavy atom. The van der Waals surface area contributed by atoms with Gasteiger partial charge in [0.25, 0.3) is 0 Å². The van der Waals surface area contributed by atoms with E-state index >= 15 is 0 Å². The van der Waals surface area contributed by atoms with E-state index in [-0.39, 0.29) is 0 Å². The van der Waals surface area contributed by atoms with Crippen LogP contribution >= 0.6 is 0 Å². The molecule has 100 valence electrons. The molecule has 0 aliphatic heterocycles. The smallest absolute Gasteiger partial charge is 0.0306 e. The van der Waals surface area contributed by atoms with Crippen molar-refractivity contribution in [3.05, 3.63) is 24.0 Å². The van der Waals surface area contributed by atoms with Crippen molar-refractivity contribution in [3.8, 4) is 0 Å². The lowest BCUT2D eigenvalue weighted by Gasteiger charge is -2.22. The van der Waals surface area contributed by atoms with E-state index in [2.05, 4.69) is 42.2 Å². The average molecular weight is 246 g/mol. The van der Waals surface area contributed by atoms with Gasteiger partial charge >= 0.3 is 0 Å². The number of hydrogen-bond acceptors (Lipinski definition) is 1. The SMILES string of the molecule is CCNC(C)c1ccn(CC2CC3CCC2C3)c1. The van der Waals surface area contributed by atoms with Crippen LogP contribution in [0, 0.1) is 17.8 Å². The molecule has 1 N–H and O–H groups in total. The van der Waals surface area contributed by atoms with Gasteiger partial charge in [0.05, 0.1) is 0 Å². The minimum Gasteiger partial charge on any atom is -0.354 e. The fourth-order valence-electron chi connectivity index (χ4n) is 4.12. The zero-order valence-electron chi connectivity index (χ0n) is 11.7. The predicted octanol–water partition coefficient (Wildman–Crippen LogP) is 3.59. The van der Waals surface area contributed by atoms with Gasteiger partial charge < -0.3 is 9.88 Å². The van der Waals surface area contributed by atoms with E-state index in [1.54, 1.807) is 0 Å². The Morgan fingerprint density at radius 3 is 2.94 bits per heavy atom. The Balaban J connectivity index is 1.60. The number of hydrogen-bond donors (Lipinski definition) is 1. The molecule has 0 saturated heterocycles. The molecule has 0 radical (unpaired) electrons. The van der Waals surface area contributed by atoms with Crippen LogP contribution in [0.25, 0.3) is 0 Å². The van der Waals surface area contributed by atoms with E-state index in [9.17, 15) is 0 Å². The number of rotatable bonds is 5. The summed E-state index contributed by atoms with van der Waals surface area (Å²) in [5.41, 5.74) is 1.43. The Hall–Kier alpha value is -0.760. The van der Waals surface area contributed by atoms with Gasteiger partial charge in [0.15, 0.2) is 0 Å². The summed E-state index contributed by atoms with van der Waals surface area (Å²) in [7, 11) is 0. The fraction of sp³-hybridized carbons (Fsp3) is 0.750. The molecular weight excluding hydrogens is 220 g/mol. The summed E-state index contributed by atoms with van der Waals surface area (Å²) < 4.78 is 2.43. The third-order valence-electron chi connectivity index (χ3n) is 5.11. The second-order valence-electron chi connectivity index (χ2n) is 6.36. The van der Waals surface area contributed by atoms with Crippen LogP contribution in [0.3, 0.4) is 0 Å². The second kappa shape index (κ2) is 5.08. The highest BCUT2D eigenvalue weighted by Crippen LogP contribution is 2.48. The summed E-state index contributed by atoms with van der Waals surface area (Å²) in [4.78, 5) is 0. The standard InChI is InChI=1S/C16H26N2/c1-3-17-12(2)15-6-7-18(10-15)11-16-9-13-4-5-14(16)8-13/h6-7,10,12-14,16-17H,3-5,8-9,11H2,1-2H3. The van der Waals surface area contributed by atoms with Gasteiger partial charge in [-0.15, -0.1) is 0 Å². The van der Waals surface area contributed by atoms with Crippen molar-refractivity contribution in [2.75, 3.05) is 6.54 Å². The first-order valence-electron chi connectivity index (χ1n) is 7.65. The molecule has 0 amide bonds. The van der Waals surface area contributed by atoms with Crippen molar-refractivity contribution in [2.45, 2.75) is 52.1 Å². The highest BCUT2D eigenvalue weighted by atomic mass is 15.0. The molecule has 0 aromatic carbocycles. The Morgan fingerprint density at radius 2 is 2.28 bits per heavy atom. The molecule has 4 atom stereocenters. The van der Waals surface area contributed by atoms with E-state index in [1.807, 2.05) is 0 Å². The quantitative estimate of drug-likeness (QED) is 0.840. The van der Waals surface area contributed by atoms with Gasteiger partial charge in [-0.2, -0.15) is 0 Å². The lowest BCUT2D eigenvalue weighted by molar-refractivity contribution is 0.296. The molecule has 2 nitrogen and oxygen atoms in total. The van der Waals surface area contributed by atoms with Crippen molar-refractivity contribution in [1.29, 1.82) is 0 Å². The average Bonchev–Trinajstić information content (AvgIpc) is 3.04. The molecule has 4 unspecified atom stereocenters. The summed E-state index contributed by atoms with van der Waals surface area (Å²) in [5, 5.41) is 3.48. The molecule has 2 heteroatoms. The van der Waals surface area contributed by atoms with Crippen LogP contribution in [0.4, 0.5) is 0 Å². The van der Waals surface area contributed by atoms with Gasteiger partial charge in [0, 0.05) is 25.0 Å². The predicted molar refractivity (Wildman–Crippen MR) is 75.5 cm³/mol. The van der Waals surface area contributed by atoms with E-state index in [0.29, 0.717) is 6.04 Å². The van der Waals surface area contributed by atoms with Gasteiger partial charge in [-0.25, -0.2) is 0 Å². The van der Waals surface area contributed by atoms with Crippen molar-refractivity contribution in [2.24, 2.45) is 17.8 Å². The molecule has 1 heterocycles. The van der Waals surface area contributed by atoms with Crippen LogP contribution < -0.4 is 5.32 Å². The van der Waals surface area contributed by atoms with Crippen molar-refractivity contribution >= 4 is 0 Å². The first-order chi connectivity index (χ1) is 8.76. The van der Waals surface area contributed by atoms with Crippen LogP contribution in [0.2, 0.25) is 0 Å². The molecular formula is C16H26N2. The number of aromatic nitrogens is 1. The maximum absolute atomic E-state index is 3.48. The normalized spacial score (nSPS) is 32.0. The monoisotopic (exact) mass is 246 g/mol. The van der Waals surface area contributed by atoms with Crippen molar-refractivity contribution < 1.29 is 0 Å². The highest BCUT2D eigenvalue weighted by Gasteiger charge is 2.39. The van der Waals surface area contributed by atoms with Crippen LogP contribution in [-0.2, 0) is 6.54 Å². The lowest BCUT2D eigenvalue weighted by atomic mass is 9.89. The maximum Gasteiger partial charge on any atom is 0.0306 e. The summed E-state index contributed by atoms with van der Waals surface area (Å²) in [6, 6.07) is 2.76. The first kappa shape index (κ1) is 12.3. The number of nitrogens with zero attached hydrogens (tertiary/aromatic N) is 1. The van der Waals surface area contributed by atoms with E-state index < -0.39 is 0 Å². The van der Waals surface area contributed by atoms with Crippen LogP contribution in [0.15, 0.2) is 18.5 Å². The Bertz CT molecular complexity index is 396. The molecule has 18 heavy (non-hydrogen) atoms. The van der Waals surface area contributed by atoms with Crippen LogP contribution in [0.5, 0.6) is 0 Å². The Kier molecular flexibility index (Phi) is 3.47. The van der Waals surface area contributed by atoms with Crippen LogP contribution in [0.1, 0.15) is 51.1 Å². The van der Waals surface area contributed by atoms with Crippen molar-refractivity contribution in [1.82, 2.24) is 9.88 Å². The van der Waals surface area contributed by atoms with E-state index in [4.69, 9.17) is 0 Å². The second-order valence-corrected chi connectivity index (χ2v) is 6.36. The molecule has 2 saturated carbocycles. The first-order valence-corrected chi connectivity index (χ1v) is 7.65. The Labute approximate surface area is 111 Å². The van der Waals surface area contributed by atoms with Crippen LogP contribution in [-0.4, -0.2) is 11.1 Å². The third-order valence-corrected chi connectivity index (χ3v) is 5.11. The molecule has 2 aliphatic carbocycles. The molecule has 2 bridgehead atoms.